The van der Waals surface area contributed by atoms with Gasteiger partial charge in [0.2, 0.25) is 0 Å². The normalized spacial score (nSPS) is 18.2. The molecule has 3 heterocycles. The van der Waals surface area contributed by atoms with E-state index < -0.39 is 17.6 Å². The third kappa shape index (κ3) is 3.42. The molecule has 2 aromatic carbocycles. The Hall–Kier alpha value is -3.98. The number of carbonyl (C=O) groups excluding carboxylic acids is 2. The van der Waals surface area contributed by atoms with Crippen LogP contribution in [0.4, 0.5) is 5.69 Å². The van der Waals surface area contributed by atoms with Crippen LogP contribution in [0.5, 0.6) is 5.75 Å². The van der Waals surface area contributed by atoms with Gasteiger partial charge in [-0.25, -0.2) is 9.79 Å². The predicted octanol–water partition coefficient (Wildman–Crippen LogP) is 2.15. The lowest BCUT2D eigenvalue weighted by atomic mass is 9.95. The minimum absolute atomic E-state index is 0.181. The van der Waals surface area contributed by atoms with Gasteiger partial charge in [-0.2, -0.15) is 0 Å². The smallest absolute Gasteiger partial charge is 0.338 e. The topological polar surface area (TPSA) is 90.2 Å². The number of esters is 1. The molecule has 0 N–H and O–H groups in total. The Morgan fingerprint density at radius 3 is 2.57 bits per heavy atom. The average Bonchev–Trinajstić information content (AvgIpc) is 3.31. The lowest BCUT2D eigenvalue weighted by Crippen LogP contribution is -2.41. The number of methoxy groups -OCH3 is 1. The second-order valence-electron chi connectivity index (χ2n) is 8.12. The number of benzene rings is 2. The maximum absolute atomic E-state index is 14.0. The number of amides is 1. The summed E-state index contributed by atoms with van der Waals surface area (Å²) >= 11 is 1.14. The summed E-state index contributed by atoms with van der Waals surface area (Å²) in [5.41, 5.74) is 2.71. The van der Waals surface area contributed by atoms with E-state index in [1.54, 1.807) is 27.0 Å². The van der Waals surface area contributed by atoms with Crippen LogP contribution in [0.2, 0.25) is 0 Å². The van der Waals surface area contributed by atoms with Gasteiger partial charge >= 0.3 is 5.97 Å². The van der Waals surface area contributed by atoms with Crippen LogP contribution in [0.15, 0.2) is 69.6 Å². The number of nitrogens with zero attached hydrogens (tertiary/aromatic N) is 3. The Morgan fingerprint density at radius 2 is 1.83 bits per heavy atom. The second-order valence-corrected chi connectivity index (χ2v) is 9.10. The summed E-state index contributed by atoms with van der Waals surface area (Å²) in [5.74, 6) is -0.287. The van der Waals surface area contributed by atoms with Crippen molar-refractivity contribution in [2.75, 3.05) is 25.7 Å². The highest BCUT2D eigenvalue weighted by molar-refractivity contribution is 7.07. The van der Waals surface area contributed by atoms with E-state index in [4.69, 9.17) is 9.47 Å². The number of carbonyl (C=O) groups is 2. The van der Waals surface area contributed by atoms with Crippen molar-refractivity contribution in [2.45, 2.75) is 19.9 Å². The van der Waals surface area contributed by atoms with Gasteiger partial charge in [0.15, 0.2) is 4.80 Å². The first-order chi connectivity index (χ1) is 16.9. The molecule has 2 aliphatic heterocycles. The lowest BCUT2D eigenvalue weighted by Gasteiger charge is -2.25. The monoisotopic (exact) mass is 489 g/mol. The molecular formula is C26H23N3O5S. The Morgan fingerprint density at radius 1 is 1.11 bits per heavy atom. The summed E-state index contributed by atoms with van der Waals surface area (Å²) < 4.78 is 12.7. The number of hydrogen-bond acceptors (Lipinski definition) is 7. The fourth-order valence-corrected chi connectivity index (χ4v) is 5.75. The van der Waals surface area contributed by atoms with Crippen molar-refractivity contribution in [2.24, 2.45) is 4.99 Å². The highest BCUT2D eigenvalue weighted by Gasteiger charge is 2.37. The van der Waals surface area contributed by atoms with Crippen LogP contribution in [-0.4, -0.2) is 37.2 Å². The summed E-state index contributed by atoms with van der Waals surface area (Å²) in [5, 5.41) is 0. The van der Waals surface area contributed by atoms with E-state index >= 15 is 0 Å². The van der Waals surface area contributed by atoms with E-state index in [0.717, 1.165) is 17.0 Å². The number of rotatable bonds is 4. The second kappa shape index (κ2) is 8.66. The zero-order chi connectivity index (χ0) is 24.9. The molecule has 0 radical (unpaired) electrons. The maximum Gasteiger partial charge on any atom is 0.338 e. The van der Waals surface area contributed by atoms with E-state index in [-0.39, 0.29) is 22.6 Å². The van der Waals surface area contributed by atoms with Crippen molar-refractivity contribution < 1.29 is 19.1 Å². The number of aromatic nitrogens is 1. The number of fused-ring (bicyclic) bond motifs is 2. The summed E-state index contributed by atoms with van der Waals surface area (Å²) in [6, 6.07) is 13.8. The minimum Gasteiger partial charge on any atom is -0.496 e. The van der Waals surface area contributed by atoms with Gasteiger partial charge in [-0.15, -0.1) is 0 Å². The lowest BCUT2D eigenvalue weighted by molar-refractivity contribution is -0.139. The van der Waals surface area contributed by atoms with Crippen LogP contribution in [0.3, 0.4) is 0 Å². The Bertz CT molecular complexity index is 1600. The minimum atomic E-state index is -0.819. The van der Waals surface area contributed by atoms with Crippen molar-refractivity contribution in [3.05, 3.63) is 90.6 Å². The standard InChI is InChI=1S/C26H23N3O5S/c1-5-34-25(32)19-14(2)27-26-29(21(19)16-11-7-9-13-18(16)33-4)24(31)22(35-26)20-15-10-6-8-12-17(15)28(3)23(20)30/h6-13,21H,5H2,1-4H3/b22-20+. The molecule has 1 amide bonds. The Labute approximate surface area is 205 Å². The molecule has 0 bridgehead atoms. The van der Waals surface area contributed by atoms with Gasteiger partial charge in [0.1, 0.15) is 16.3 Å². The number of ether oxygens (including phenoxy) is 2. The van der Waals surface area contributed by atoms with Crippen LogP contribution < -0.4 is 24.5 Å². The molecule has 1 atom stereocenters. The van der Waals surface area contributed by atoms with E-state index in [0.29, 0.717) is 32.9 Å². The molecule has 8 nitrogen and oxygen atoms in total. The zero-order valence-corrected chi connectivity index (χ0v) is 20.5. The molecule has 5 rings (SSSR count). The number of para-hydroxylation sites is 2. The molecule has 178 valence electrons. The summed E-state index contributed by atoms with van der Waals surface area (Å²) in [6.07, 6.45) is 0. The van der Waals surface area contributed by atoms with Crippen molar-refractivity contribution in [1.29, 1.82) is 0 Å². The van der Waals surface area contributed by atoms with Gasteiger partial charge in [0.05, 0.1) is 36.2 Å². The molecule has 9 heteroatoms. The Balaban J connectivity index is 1.86. The van der Waals surface area contributed by atoms with Crippen molar-refractivity contribution in [3.8, 4) is 5.75 Å². The third-order valence-electron chi connectivity index (χ3n) is 6.21. The van der Waals surface area contributed by atoms with Crippen molar-refractivity contribution >= 4 is 34.5 Å². The Kier molecular flexibility index (Phi) is 5.64. The molecule has 35 heavy (non-hydrogen) atoms. The number of allylic oxidation sites excluding steroid dienone is 1. The quantitative estimate of drug-likeness (QED) is 0.524. The molecule has 0 saturated heterocycles. The molecule has 2 aliphatic rings. The van der Waals surface area contributed by atoms with Crippen LogP contribution in [0.25, 0.3) is 5.57 Å². The maximum atomic E-state index is 14.0. The summed E-state index contributed by atoms with van der Waals surface area (Å²) in [6.45, 7) is 3.63. The number of hydrogen-bond donors (Lipinski definition) is 0. The fourth-order valence-electron chi connectivity index (χ4n) is 4.62. The van der Waals surface area contributed by atoms with Gasteiger partial charge in [-0.3, -0.25) is 14.2 Å². The molecule has 1 unspecified atom stereocenters. The summed E-state index contributed by atoms with van der Waals surface area (Å²) in [7, 11) is 3.22. The molecule has 0 aliphatic carbocycles. The fraction of sp³-hybridized carbons (Fsp3) is 0.231. The predicted molar refractivity (Wildman–Crippen MR) is 132 cm³/mol. The largest absolute Gasteiger partial charge is 0.496 e. The first-order valence-electron chi connectivity index (χ1n) is 11.1. The van der Waals surface area contributed by atoms with Gasteiger partial charge < -0.3 is 14.4 Å². The van der Waals surface area contributed by atoms with E-state index in [1.165, 1.54) is 16.6 Å². The first kappa shape index (κ1) is 22.8. The molecule has 0 spiro atoms. The van der Waals surface area contributed by atoms with E-state index in [1.807, 2.05) is 42.5 Å². The van der Waals surface area contributed by atoms with Crippen molar-refractivity contribution in [3.63, 3.8) is 0 Å². The van der Waals surface area contributed by atoms with Gasteiger partial charge in [0.25, 0.3) is 11.5 Å². The van der Waals surface area contributed by atoms with Crippen LogP contribution in [-0.2, 0) is 14.3 Å². The molecule has 0 saturated carbocycles. The van der Waals surface area contributed by atoms with Gasteiger partial charge in [-0.1, -0.05) is 47.7 Å². The molecule has 1 aromatic heterocycles. The number of likely N-dealkylation sites (N-methyl/N-ethyl adjacent to an activating group) is 1. The molecule has 0 fully saturated rings. The average molecular weight is 490 g/mol. The number of thiazole rings is 1. The zero-order valence-electron chi connectivity index (χ0n) is 19.7. The third-order valence-corrected chi connectivity index (χ3v) is 7.26. The summed E-state index contributed by atoms with van der Waals surface area (Å²) in [4.78, 5) is 46.8. The van der Waals surface area contributed by atoms with Crippen molar-refractivity contribution in [1.82, 2.24) is 4.57 Å². The highest BCUT2D eigenvalue weighted by Crippen LogP contribution is 2.36. The highest BCUT2D eigenvalue weighted by atomic mass is 32.1. The number of anilines is 1. The van der Waals surface area contributed by atoms with Crippen LogP contribution in [0.1, 0.15) is 31.0 Å². The first-order valence-corrected chi connectivity index (χ1v) is 11.9. The van der Waals surface area contributed by atoms with Gasteiger partial charge in [0, 0.05) is 18.2 Å². The van der Waals surface area contributed by atoms with Crippen LogP contribution in [0, 0.1) is 0 Å². The molecular weight excluding hydrogens is 466 g/mol. The SMILES string of the molecule is CCOC(=O)C1=C(C)N=c2s/c(=C3/C(=O)N(C)c4ccccc43)c(=O)n2C1c1ccccc1OC. The van der Waals surface area contributed by atoms with E-state index in [9.17, 15) is 14.4 Å². The van der Waals surface area contributed by atoms with Gasteiger partial charge in [-0.05, 0) is 26.0 Å². The van der Waals surface area contributed by atoms with Crippen LogP contribution >= 0.6 is 11.3 Å². The molecule has 3 aromatic rings. The van der Waals surface area contributed by atoms with E-state index in [2.05, 4.69) is 4.99 Å².